The maximum Gasteiger partial charge on any atom is 0.208 e. The monoisotopic (exact) mass is 176 g/mol. The molecule has 13 heavy (non-hydrogen) atoms. The minimum Gasteiger partial charge on any atom is -0.365 e. The van der Waals surface area contributed by atoms with Gasteiger partial charge in [-0.2, -0.15) is 0 Å². The Morgan fingerprint density at radius 2 is 2.31 bits per heavy atom. The molecule has 3 nitrogen and oxygen atoms in total. The van der Waals surface area contributed by atoms with Crippen molar-refractivity contribution < 1.29 is 4.79 Å². The Kier molecular flexibility index (Phi) is 2.17. The number of amides is 1. The predicted octanol–water partition coefficient (Wildman–Crippen LogP) is 1.12. The van der Waals surface area contributed by atoms with E-state index in [4.69, 9.17) is 0 Å². The Morgan fingerprint density at radius 3 is 3.15 bits per heavy atom. The molecule has 0 spiro atoms. The molecule has 1 aromatic carbocycles. The first-order valence-electron chi connectivity index (χ1n) is 4.44. The third kappa shape index (κ3) is 1.64. The molecule has 2 rings (SSSR count). The van der Waals surface area contributed by atoms with Crippen LogP contribution in [-0.2, 0) is 11.2 Å². The molecular weight excluding hydrogens is 164 g/mol. The van der Waals surface area contributed by atoms with Crippen molar-refractivity contribution in [2.24, 2.45) is 0 Å². The summed E-state index contributed by atoms with van der Waals surface area (Å²) in [5.74, 6) is 0. The molecule has 1 aliphatic rings. The second kappa shape index (κ2) is 3.47. The smallest absolute Gasteiger partial charge is 0.208 e. The van der Waals surface area contributed by atoms with Gasteiger partial charge in [0.2, 0.25) is 6.41 Å². The van der Waals surface area contributed by atoms with Gasteiger partial charge in [-0.25, -0.2) is 0 Å². The Balaban J connectivity index is 2.15. The minimum atomic E-state index is 0.0902. The number of anilines is 1. The van der Waals surface area contributed by atoms with Crippen LogP contribution in [0.2, 0.25) is 0 Å². The molecule has 0 saturated heterocycles. The summed E-state index contributed by atoms with van der Waals surface area (Å²) >= 11 is 0. The lowest BCUT2D eigenvalue weighted by molar-refractivity contribution is -0.110. The molecule has 2 N–H and O–H groups in total. The molecule has 0 radical (unpaired) electrons. The van der Waals surface area contributed by atoms with Crippen LogP contribution < -0.4 is 10.6 Å². The first-order chi connectivity index (χ1) is 6.40. The average Bonchev–Trinajstić information content (AvgIpc) is 2.18. The lowest BCUT2D eigenvalue weighted by Crippen LogP contribution is -2.38. The summed E-state index contributed by atoms with van der Waals surface area (Å²) in [6.07, 6.45) is 2.81. The molecular formula is C10H12N2O. The second-order valence-electron chi connectivity index (χ2n) is 3.18. The lowest BCUT2D eigenvalue weighted by Gasteiger charge is -2.26. The Hall–Kier alpha value is -1.51. The fourth-order valence-electron chi connectivity index (χ4n) is 1.65. The van der Waals surface area contributed by atoms with Crippen LogP contribution in [0.4, 0.5) is 5.69 Å². The molecule has 1 aromatic rings. The fraction of sp³-hybridized carbons (Fsp3) is 0.300. The van der Waals surface area contributed by atoms with Crippen molar-refractivity contribution >= 4 is 12.1 Å². The van der Waals surface area contributed by atoms with Crippen LogP contribution in [0.1, 0.15) is 12.0 Å². The third-order valence-electron chi connectivity index (χ3n) is 2.32. The van der Waals surface area contributed by atoms with Crippen molar-refractivity contribution in [3.8, 4) is 0 Å². The highest BCUT2D eigenvalue weighted by atomic mass is 16.1. The summed E-state index contributed by atoms with van der Waals surface area (Å²) in [6, 6.07) is 8.18. The molecule has 1 atom stereocenters. The number of carbonyl (C=O) groups is 1. The van der Waals surface area contributed by atoms with Crippen LogP contribution in [-0.4, -0.2) is 12.6 Å². The van der Waals surface area contributed by atoms with E-state index in [0.29, 0.717) is 0 Å². The molecule has 0 bridgehead atoms. The van der Waals surface area contributed by atoms with E-state index in [1.54, 1.807) is 0 Å². The molecule has 68 valence electrons. The van der Waals surface area contributed by atoms with E-state index in [9.17, 15) is 4.79 Å². The Labute approximate surface area is 77.1 Å². The zero-order valence-corrected chi connectivity index (χ0v) is 7.29. The molecule has 0 fully saturated rings. The van der Waals surface area contributed by atoms with Crippen molar-refractivity contribution in [1.29, 1.82) is 0 Å². The van der Waals surface area contributed by atoms with Gasteiger partial charge in [-0.15, -0.1) is 0 Å². The number of benzene rings is 1. The Morgan fingerprint density at radius 1 is 1.46 bits per heavy atom. The standard InChI is InChI=1S/C10H12N2O/c13-7-11-10-6-5-8-3-1-2-4-9(8)12-10/h1-4,7,10,12H,5-6H2,(H,11,13). The number of aryl methyl sites for hydroxylation is 1. The maximum atomic E-state index is 10.2. The summed E-state index contributed by atoms with van der Waals surface area (Å²) in [5, 5.41) is 5.99. The normalized spacial score (nSPS) is 19.8. The molecule has 1 amide bonds. The van der Waals surface area contributed by atoms with E-state index in [1.165, 1.54) is 5.56 Å². The molecule has 1 unspecified atom stereocenters. The van der Waals surface area contributed by atoms with Gasteiger partial charge in [0.25, 0.3) is 0 Å². The molecule has 0 saturated carbocycles. The van der Waals surface area contributed by atoms with Crippen LogP contribution in [0.25, 0.3) is 0 Å². The van der Waals surface area contributed by atoms with Gasteiger partial charge in [-0.1, -0.05) is 18.2 Å². The topological polar surface area (TPSA) is 41.1 Å². The summed E-state index contributed by atoms with van der Waals surface area (Å²) < 4.78 is 0. The summed E-state index contributed by atoms with van der Waals surface area (Å²) in [7, 11) is 0. The molecule has 1 aliphatic heterocycles. The van der Waals surface area contributed by atoms with Gasteiger partial charge >= 0.3 is 0 Å². The highest BCUT2D eigenvalue weighted by Gasteiger charge is 2.15. The molecule has 0 aromatic heterocycles. The molecule has 0 aliphatic carbocycles. The van der Waals surface area contributed by atoms with Gasteiger partial charge in [-0.05, 0) is 24.5 Å². The van der Waals surface area contributed by atoms with E-state index in [2.05, 4.69) is 16.7 Å². The van der Waals surface area contributed by atoms with E-state index in [-0.39, 0.29) is 6.17 Å². The van der Waals surface area contributed by atoms with Gasteiger partial charge in [0.05, 0.1) is 6.17 Å². The molecule has 1 heterocycles. The highest BCUT2D eigenvalue weighted by Crippen LogP contribution is 2.22. The van der Waals surface area contributed by atoms with E-state index >= 15 is 0 Å². The number of nitrogens with one attached hydrogen (secondary N) is 2. The number of hydrogen-bond donors (Lipinski definition) is 2. The first-order valence-corrected chi connectivity index (χ1v) is 4.44. The summed E-state index contributed by atoms with van der Waals surface area (Å²) in [5.41, 5.74) is 2.46. The average molecular weight is 176 g/mol. The van der Waals surface area contributed by atoms with E-state index in [1.807, 2.05) is 18.2 Å². The fourth-order valence-corrected chi connectivity index (χ4v) is 1.65. The Bertz CT molecular complexity index is 312. The van der Waals surface area contributed by atoms with Crippen molar-refractivity contribution in [3.05, 3.63) is 29.8 Å². The number of carbonyl (C=O) groups excluding carboxylic acids is 1. The van der Waals surface area contributed by atoms with Crippen molar-refractivity contribution in [3.63, 3.8) is 0 Å². The van der Waals surface area contributed by atoms with Gasteiger partial charge in [0.1, 0.15) is 0 Å². The minimum absolute atomic E-state index is 0.0902. The number of hydrogen-bond acceptors (Lipinski definition) is 2. The van der Waals surface area contributed by atoms with Crippen LogP contribution in [0.3, 0.4) is 0 Å². The van der Waals surface area contributed by atoms with Gasteiger partial charge < -0.3 is 10.6 Å². The highest BCUT2D eigenvalue weighted by molar-refractivity contribution is 5.56. The summed E-state index contributed by atoms with van der Waals surface area (Å²) in [4.78, 5) is 10.2. The zero-order chi connectivity index (χ0) is 9.10. The zero-order valence-electron chi connectivity index (χ0n) is 7.29. The molecule has 3 heteroatoms. The van der Waals surface area contributed by atoms with Gasteiger partial charge in [0, 0.05) is 5.69 Å². The van der Waals surface area contributed by atoms with Crippen LogP contribution in [0.15, 0.2) is 24.3 Å². The van der Waals surface area contributed by atoms with Gasteiger partial charge in [0.15, 0.2) is 0 Å². The van der Waals surface area contributed by atoms with E-state index in [0.717, 1.165) is 24.9 Å². The van der Waals surface area contributed by atoms with Crippen molar-refractivity contribution in [2.75, 3.05) is 5.32 Å². The third-order valence-corrected chi connectivity index (χ3v) is 2.32. The van der Waals surface area contributed by atoms with E-state index < -0.39 is 0 Å². The predicted molar refractivity (Wildman–Crippen MR) is 51.4 cm³/mol. The van der Waals surface area contributed by atoms with Gasteiger partial charge in [-0.3, -0.25) is 4.79 Å². The number of rotatable bonds is 2. The van der Waals surface area contributed by atoms with Crippen LogP contribution in [0.5, 0.6) is 0 Å². The summed E-state index contributed by atoms with van der Waals surface area (Å²) in [6.45, 7) is 0. The van der Waals surface area contributed by atoms with Crippen LogP contribution in [0, 0.1) is 0 Å². The SMILES string of the molecule is O=CNC1CCc2ccccc2N1. The first kappa shape index (κ1) is 8.10. The number of para-hydroxylation sites is 1. The quantitative estimate of drug-likeness (QED) is 0.663. The van der Waals surface area contributed by atoms with Crippen LogP contribution >= 0.6 is 0 Å². The second-order valence-corrected chi connectivity index (χ2v) is 3.18. The largest absolute Gasteiger partial charge is 0.365 e. The lowest BCUT2D eigenvalue weighted by atomic mass is 10.0. The van der Waals surface area contributed by atoms with Crippen molar-refractivity contribution in [2.45, 2.75) is 19.0 Å². The number of fused-ring (bicyclic) bond motifs is 1. The van der Waals surface area contributed by atoms with Crippen molar-refractivity contribution in [1.82, 2.24) is 5.32 Å². The maximum absolute atomic E-state index is 10.2.